The minimum atomic E-state index is -0.490. The van der Waals surface area contributed by atoms with Gasteiger partial charge in [-0.25, -0.2) is 4.79 Å². The predicted octanol–water partition coefficient (Wildman–Crippen LogP) is 3.07. The zero-order valence-corrected chi connectivity index (χ0v) is 12.3. The Hall–Kier alpha value is -2.27. The molecule has 0 aliphatic carbocycles. The molecular formula is C15H15ClN2O3. The molecule has 5 nitrogen and oxygen atoms in total. The van der Waals surface area contributed by atoms with E-state index in [1.54, 1.807) is 30.5 Å². The lowest BCUT2D eigenvalue weighted by Crippen LogP contribution is -2.07. The van der Waals surface area contributed by atoms with Crippen LogP contribution in [-0.2, 0) is 11.3 Å². The van der Waals surface area contributed by atoms with Gasteiger partial charge in [0, 0.05) is 29.7 Å². The second-order valence-corrected chi connectivity index (χ2v) is 4.67. The summed E-state index contributed by atoms with van der Waals surface area (Å²) in [5.74, 6) is 0.0440. The highest BCUT2D eigenvalue weighted by Gasteiger charge is 2.11. The van der Waals surface area contributed by atoms with Crippen molar-refractivity contribution in [3.8, 4) is 5.75 Å². The van der Waals surface area contributed by atoms with Crippen molar-refractivity contribution in [3.63, 3.8) is 0 Å². The number of aromatic nitrogens is 1. The Morgan fingerprint density at radius 1 is 1.38 bits per heavy atom. The van der Waals surface area contributed by atoms with Gasteiger partial charge in [0.2, 0.25) is 0 Å². The Bertz CT molecular complexity index is 647. The molecule has 0 unspecified atom stereocenters. The molecule has 0 spiro atoms. The van der Waals surface area contributed by atoms with E-state index < -0.39 is 5.97 Å². The normalized spacial score (nSPS) is 10.2. The number of nitrogen functional groups attached to an aromatic ring is 1. The van der Waals surface area contributed by atoms with Gasteiger partial charge in [-0.1, -0.05) is 11.6 Å². The molecule has 110 valence electrons. The van der Waals surface area contributed by atoms with Crippen molar-refractivity contribution in [2.45, 2.75) is 13.5 Å². The lowest BCUT2D eigenvalue weighted by Gasteiger charge is -2.09. The van der Waals surface area contributed by atoms with Crippen LogP contribution in [0, 0.1) is 0 Å². The van der Waals surface area contributed by atoms with Crippen LogP contribution < -0.4 is 10.5 Å². The molecule has 1 aromatic heterocycles. The summed E-state index contributed by atoms with van der Waals surface area (Å²) < 4.78 is 10.6. The second kappa shape index (κ2) is 6.95. The summed E-state index contributed by atoms with van der Waals surface area (Å²) in [6.07, 6.45) is 3.08. The van der Waals surface area contributed by atoms with E-state index >= 15 is 0 Å². The zero-order valence-electron chi connectivity index (χ0n) is 11.5. The minimum Gasteiger partial charge on any atom is -0.494 e. The van der Waals surface area contributed by atoms with Gasteiger partial charge in [0.25, 0.3) is 0 Å². The van der Waals surface area contributed by atoms with Gasteiger partial charge in [0.05, 0.1) is 17.2 Å². The molecule has 2 N–H and O–H groups in total. The molecule has 0 saturated carbocycles. The molecule has 0 saturated heterocycles. The van der Waals surface area contributed by atoms with E-state index in [9.17, 15) is 4.79 Å². The fourth-order valence-corrected chi connectivity index (χ4v) is 1.91. The van der Waals surface area contributed by atoms with Gasteiger partial charge < -0.3 is 15.2 Å². The first-order chi connectivity index (χ1) is 10.1. The molecule has 0 atom stereocenters. The number of rotatable bonds is 5. The Morgan fingerprint density at radius 3 is 2.90 bits per heavy atom. The summed E-state index contributed by atoms with van der Waals surface area (Å²) in [6, 6.07) is 6.48. The average Bonchev–Trinajstić information content (AvgIpc) is 2.46. The van der Waals surface area contributed by atoms with Gasteiger partial charge in [0.1, 0.15) is 12.4 Å². The van der Waals surface area contributed by atoms with E-state index in [1.165, 1.54) is 6.20 Å². The summed E-state index contributed by atoms with van der Waals surface area (Å²) in [5, 5.41) is 0.452. The summed E-state index contributed by atoms with van der Waals surface area (Å²) in [5.41, 5.74) is 7.21. The summed E-state index contributed by atoms with van der Waals surface area (Å²) in [7, 11) is 0. The Morgan fingerprint density at radius 2 is 2.19 bits per heavy atom. The molecule has 0 aliphatic heterocycles. The molecule has 0 bridgehead atoms. The molecule has 6 heteroatoms. The van der Waals surface area contributed by atoms with Crippen molar-refractivity contribution in [3.05, 3.63) is 52.8 Å². The third-order valence-electron chi connectivity index (χ3n) is 2.69. The largest absolute Gasteiger partial charge is 0.494 e. The fourth-order valence-electron chi connectivity index (χ4n) is 1.74. The van der Waals surface area contributed by atoms with Crippen LogP contribution in [0.1, 0.15) is 22.8 Å². The quantitative estimate of drug-likeness (QED) is 0.678. The number of carbonyl (C=O) groups is 1. The second-order valence-electron chi connectivity index (χ2n) is 4.27. The number of carbonyl (C=O) groups excluding carboxylic acids is 1. The van der Waals surface area contributed by atoms with Crippen LogP contribution in [0.5, 0.6) is 5.75 Å². The number of ether oxygens (including phenoxy) is 2. The zero-order chi connectivity index (χ0) is 15.2. The van der Waals surface area contributed by atoms with Crippen LogP contribution >= 0.6 is 11.6 Å². The maximum Gasteiger partial charge on any atom is 0.338 e. The topological polar surface area (TPSA) is 74.4 Å². The molecule has 0 radical (unpaired) electrons. The van der Waals surface area contributed by atoms with E-state index in [4.69, 9.17) is 26.8 Å². The van der Waals surface area contributed by atoms with Crippen LogP contribution in [0.25, 0.3) is 0 Å². The van der Waals surface area contributed by atoms with E-state index in [0.29, 0.717) is 34.2 Å². The molecule has 2 rings (SSSR count). The SMILES string of the molecule is CCOc1cc(N)cc(C(=O)OCc2ccncc2Cl)c1. The van der Waals surface area contributed by atoms with Crippen molar-refractivity contribution >= 4 is 23.3 Å². The van der Waals surface area contributed by atoms with Crippen LogP contribution in [0.4, 0.5) is 5.69 Å². The third kappa shape index (κ3) is 4.10. The van der Waals surface area contributed by atoms with E-state index in [0.717, 1.165) is 0 Å². The fraction of sp³-hybridized carbons (Fsp3) is 0.200. The number of nitrogens with two attached hydrogens (primary N) is 1. The number of halogens is 1. The molecule has 0 fully saturated rings. The van der Waals surface area contributed by atoms with E-state index in [1.807, 2.05) is 6.92 Å². The van der Waals surface area contributed by atoms with Crippen LogP contribution in [0.2, 0.25) is 5.02 Å². The first-order valence-electron chi connectivity index (χ1n) is 6.39. The van der Waals surface area contributed by atoms with Gasteiger partial charge in [-0.3, -0.25) is 4.98 Å². The monoisotopic (exact) mass is 306 g/mol. The predicted molar refractivity (Wildman–Crippen MR) is 80.4 cm³/mol. The molecule has 1 aromatic carbocycles. The summed E-state index contributed by atoms with van der Waals surface area (Å²) >= 11 is 5.95. The van der Waals surface area contributed by atoms with E-state index in [-0.39, 0.29) is 6.61 Å². The highest BCUT2D eigenvalue weighted by molar-refractivity contribution is 6.31. The summed E-state index contributed by atoms with van der Waals surface area (Å²) in [4.78, 5) is 15.9. The summed E-state index contributed by atoms with van der Waals surface area (Å²) in [6.45, 7) is 2.41. The Balaban J connectivity index is 2.08. The maximum absolute atomic E-state index is 12.0. The Kier molecular flexibility index (Phi) is 5.00. The lowest BCUT2D eigenvalue weighted by molar-refractivity contribution is 0.0472. The molecule has 21 heavy (non-hydrogen) atoms. The van der Waals surface area contributed by atoms with Crippen molar-refractivity contribution in [1.82, 2.24) is 4.98 Å². The molecule has 1 heterocycles. The van der Waals surface area contributed by atoms with Gasteiger partial charge in [-0.05, 0) is 25.1 Å². The number of anilines is 1. The van der Waals surface area contributed by atoms with Crippen LogP contribution in [0.15, 0.2) is 36.7 Å². The average molecular weight is 307 g/mol. The number of hydrogen-bond acceptors (Lipinski definition) is 5. The number of esters is 1. The van der Waals surface area contributed by atoms with E-state index in [2.05, 4.69) is 4.98 Å². The first kappa shape index (κ1) is 15.1. The standard InChI is InChI=1S/C15H15ClN2O3/c1-2-20-13-6-11(5-12(17)7-13)15(19)21-9-10-3-4-18-8-14(10)16/h3-8H,2,9,17H2,1H3. The van der Waals surface area contributed by atoms with Gasteiger partial charge in [-0.2, -0.15) is 0 Å². The molecule has 0 amide bonds. The first-order valence-corrected chi connectivity index (χ1v) is 6.77. The highest BCUT2D eigenvalue weighted by Crippen LogP contribution is 2.21. The number of pyridine rings is 1. The maximum atomic E-state index is 12.0. The lowest BCUT2D eigenvalue weighted by atomic mass is 10.2. The van der Waals surface area contributed by atoms with Crippen molar-refractivity contribution in [1.29, 1.82) is 0 Å². The number of nitrogens with zero attached hydrogens (tertiary/aromatic N) is 1. The number of benzene rings is 1. The van der Waals surface area contributed by atoms with Crippen molar-refractivity contribution in [2.75, 3.05) is 12.3 Å². The highest BCUT2D eigenvalue weighted by atomic mass is 35.5. The van der Waals surface area contributed by atoms with Gasteiger partial charge in [0.15, 0.2) is 0 Å². The third-order valence-corrected chi connectivity index (χ3v) is 3.03. The number of hydrogen-bond donors (Lipinski definition) is 1. The van der Waals surface area contributed by atoms with Gasteiger partial charge >= 0.3 is 5.97 Å². The van der Waals surface area contributed by atoms with Crippen molar-refractivity contribution < 1.29 is 14.3 Å². The van der Waals surface area contributed by atoms with Gasteiger partial charge in [-0.15, -0.1) is 0 Å². The van der Waals surface area contributed by atoms with Crippen LogP contribution in [-0.4, -0.2) is 17.6 Å². The Labute approximate surface area is 127 Å². The van der Waals surface area contributed by atoms with Crippen molar-refractivity contribution in [2.24, 2.45) is 0 Å². The smallest absolute Gasteiger partial charge is 0.338 e. The van der Waals surface area contributed by atoms with Crippen LogP contribution in [0.3, 0.4) is 0 Å². The molecule has 2 aromatic rings. The molecule has 0 aliphatic rings. The minimum absolute atomic E-state index is 0.0684. The molecular weight excluding hydrogens is 292 g/mol.